The number of carbonyl (C=O) groups excluding carboxylic acids is 3. The van der Waals surface area contributed by atoms with Crippen molar-refractivity contribution in [1.29, 1.82) is 0 Å². The summed E-state index contributed by atoms with van der Waals surface area (Å²) in [5.74, 6) is -1.88. The van der Waals surface area contributed by atoms with Gasteiger partial charge in [-0.2, -0.15) is 0 Å². The van der Waals surface area contributed by atoms with Crippen LogP contribution in [0.1, 0.15) is 38.5 Å². The molecule has 1 saturated heterocycles. The highest BCUT2D eigenvalue weighted by atomic mass is 16.4. The molecule has 8 nitrogen and oxygen atoms in total. The molecule has 0 bridgehead atoms. The van der Waals surface area contributed by atoms with Gasteiger partial charge in [-0.15, -0.1) is 0 Å². The quantitative estimate of drug-likeness (QED) is 0.597. The molecule has 4 N–H and O–H groups in total. The highest BCUT2D eigenvalue weighted by molar-refractivity contribution is 5.94. The molecule has 1 fully saturated rings. The number of unbranched alkanes of at least 4 members (excludes halogenated alkanes) is 1. The number of carboxylic acid groups (broad SMARTS) is 1. The largest absolute Gasteiger partial charge is 0.481 e. The molecular formula is C13H21N3O5. The van der Waals surface area contributed by atoms with E-state index < -0.39 is 17.9 Å². The third-order valence-corrected chi connectivity index (χ3v) is 3.48. The van der Waals surface area contributed by atoms with E-state index in [9.17, 15) is 19.2 Å². The van der Waals surface area contributed by atoms with E-state index >= 15 is 0 Å². The average Bonchev–Trinajstić information content (AvgIpc) is 2.43. The van der Waals surface area contributed by atoms with Crippen molar-refractivity contribution in [3.05, 3.63) is 0 Å². The van der Waals surface area contributed by atoms with Crippen LogP contribution in [0.4, 0.5) is 4.79 Å². The molecule has 4 amide bonds. The number of imide groups is 1. The van der Waals surface area contributed by atoms with E-state index in [4.69, 9.17) is 10.8 Å². The Morgan fingerprint density at radius 3 is 2.19 bits per heavy atom. The molecule has 1 aliphatic rings. The van der Waals surface area contributed by atoms with Gasteiger partial charge >= 0.3 is 12.0 Å². The van der Waals surface area contributed by atoms with Crippen molar-refractivity contribution in [2.75, 3.05) is 13.1 Å². The van der Waals surface area contributed by atoms with E-state index in [2.05, 4.69) is 5.32 Å². The number of nitrogens with one attached hydrogen (secondary N) is 1. The summed E-state index contributed by atoms with van der Waals surface area (Å²) < 4.78 is 0. The predicted molar refractivity (Wildman–Crippen MR) is 73.1 cm³/mol. The molecule has 118 valence electrons. The Balaban J connectivity index is 2.22. The average molecular weight is 299 g/mol. The predicted octanol–water partition coefficient (Wildman–Crippen LogP) is 0.0649. The van der Waals surface area contributed by atoms with Crippen LogP contribution in [0, 0.1) is 5.92 Å². The minimum Gasteiger partial charge on any atom is -0.481 e. The lowest BCUT2D eigenvalue weighted by molar-refractivity contribution is -0.137. The van der Waals surface area contributed by atoms with Gasteiger partial charge in [0, 0.05) is 31.8 Å². The Labute approximate surface area is 122 Å². The summed E-state index contributed by atoms with van der Waals surface area (Å²) in [6.07, 6.45) is 1.99. The number of amides is 4. The second kappa shape index (κ2) is 8.23. The van der Waals surface area contributed by atoms with Gasteiger partial charge in [-0.1, -0.05) is 0 Å². The number of urea groups is 1. The van der Waals surface area contributed by atoms with Crippen LogP contribution in [-0.2, 0) is 14.4 Å². The molecule has 0 unspecified atom stereocenters. The SMILES string of the molecule is NC(=O)C1CCN(C(=O)NC(=O)CCCCC(=O)O)CC1. The molecule has 21 heavy (non-hydrogen) atoms. The molecular weight excluding hydrogens is 278 g/mol. The fourth-order valence-corrected chi connectivity index (χ4v) is 2.19. The smallest absolute Gasteiger partial charge is 0.324 e. The molecule has 0 spiro atoms. The summed E-state index contributed by atoms with van der Waals surface area (Å²) in [6, 6.07) is -0.471. The molecule has 0 aliphatic carbocycles. The number of nitrogens with zero attached hydrogens (tertiary/aromatic N) is 1. The molecule has 1 rings (SSSR count). The lowest BCUT2D eigenvalue weighted by Gasteiger charge is -2.30. The number of hydrogen-bond acceptors (Lipinski definition) is 4. The van der Waals surface area contributed by atoms with Gasteiger partial charge in [0.25, 0.3) is 0 Å². The van der Waals surface area contributed by atoms with Gasteiger partial charge in [-0.3, -0.25) is 19.7 Å². The number of aliphatic carboxylic acids is 1. The monoisotopic (exact) mass is 299 g/mol. The maximum atomic E-state index is 11.8. The molecule has 1 aliphatic heterocycles. The van der Waals surface area contributed by atoms with Crippen molar-refractivity contribution in [2.45, 2.75) is 38.5 Å². The Hall–Kier alpha value is -2.12. The van der Waals surface area contributed by atoms with Crippen molar-refractivity contribution in [3.8, 4) is 0 Å². The summed E-state index contributed by atoms with van der Waals surface area (Å²) in [4.78, 5) is 46.1. The lowest BCUT2D eigenvalue weighted by Crippen LogP contribution is -2.47. The van der Waals surface area contributed by atoms with Crippen molar-refractivity contribution in [1.82, 2.24) is 10.2 Å². The van der Waals surface area contributed by atoms with Crippen molar-refractivity contribution in [3.63, 3.8) is 0 Å². The van der Waals surface area contributed by atoms with Gasteiger partial charge in [-0.25, -0.2) is 4.79 Å². The zero-order valence-corrected chi connectivity index (χ0v) is 11.8. The molecule has 0 aromatic carbocycles. The van der Waals surface area contributed by atoms with E-state index in [0.29, 0.717) is 38.8 Å². The van der Waals surface area contributed by atoms with E-state index in [1.807, 2.05) is 0 Å². The fraction of sp³-hybridized carbons (Fsp3) is 0.692. The van der Waals surface area contributed by atoms with Gasteiger partial charge in [0.05, 0.1) is 0 Å². The van der Waals surface area contributed by atoms with Crippen LogP contribution in [-0.4, -0.2) is 46.9 Å². The maximum Gasteiger partial charge on any atom is 0.324 e. The molecule has 0 aromatic rings. The van der Waals surface area contributed by atoms with Gasteiger partial charge in [0.15, 0.2) is 0 Å². The molecule has 8 heteroatoms. The second-order valence-electron chi connectivity index (χ2n) is 5.12. The molecule has 0 aromatic heterocycles. The lowest BCUT2D eigenvalue weighted by atomic mass is 9.96. The molecule has 0 atom stereocenters. The van der Waals surface area contributed by atoms with Crippen molar-refractivity contribution < 1.29 is 24.3 Å². The first-order valence-corrected chi connectivity index (χ1v) is 7.00. The number of nitrogens with two attached hydrogens (primary N) is 1. The number of rotatable bonds is 6. The van der Waals surface area contributed by atoms with Crippen LogP contribution in [0.2, 0.25) is 0 Å². The van der Waals surface area contributed by atoms with Gasteiger partial charge in [0.2, 0.25) is 11.8 Å². The number of hydrogen-bond donors (Lipinski definition) is 3. The van der Waals surface area contributed by atoms with Crippen LogP contribution in [0.25, 0.3) is 0 Å². The number of piperidine rings is 1. The van der Waals surface area contributed by atoms with Crippen LogP contribution < -0.4 is 11.1 Å². The van der Waals surface area contributed by atoms with Crippen molar-refractivity contribution >= 4 is 23.8 Å². The number of likely N-dealkylation sites (tertiary alicyclic amines) is 1. The van der Waals surface area contributed by atoms with Crippen LogP contribution in [0.5, 0.6) is 0 Å². The van der Waals surface area contributed by atoms with E-state index in [-0.39, 0.29) is 24.7 Å². The maximum absolute atomic E-state index is 11.8. The van der Waals surface area contributed by atoms with Gasteiger partial charge in [-0.05, 0) is 25.7 Å². The minimum atomic E-state index is -0.899. The summed E-state index contributed by atoms with van der Waals surface area (Å²) in [5, 5.41) is 10.7. The molecule has 0 saturated carbocycles. The zero-order valence-electron chi connectivity index (χ0n) is 11.8. The third-order valence-electron chi connectivity index (χ3n) is 3.48. The van der Waals surface area contributed by atoms with E-state index in [1.54, 1.807) is 0 Å². The number of carboxylic acids is 1. The highest BCUT2D eigenvalue weighted by Crippen LogP contribution is 2.16. The Morgan fingerprint density at radius 1 is 1.10 bits per heavy atom. The number of carbonyl (C=O) groups is 4. The summed E-state index contributed by atoms with van der Waals surface area (Å²) >= 11 is 0. The van der Waals surface area contributed by atoms with Crippen LogP contribution >= 0.6 is 0 Å². The number of primary amides is 1. The molecule has 1 heterocycles. The zero-order chi connectivity index (χ0) is 15.8. The van der Waals surface area contributed by atoms with Crippen LogP contribution in [0.15, 0.2) is 0 Å². The Kier molecular flexibility index (Phi) is 6.64. The van der Waals surface area contributed by atoms with Crippen molar-refractivity contribution in [2.24, 2.45) is 11.7 Å². The highest BCUT2D eigenvalue weighted by Gasteiger charge is 2.26. The first-order chi connectivity index (χ1) is 9.90. The van der Waals surface area contributed by atoms with E-state index in [0.717, 1.165) is 0 Å². The second-order valence-corrected chi connectivity index (χ2v) is 5.12. The first-order valence-electron chi connectivity index (χ1n) is 7.00. The standard InChI is InChI=1S/C13H21N3O5/c14-12(20)9-5-7-16(8-6-9)13(21)15-10(17)3-1-2-4-11(18)19/h9H,1-8H2,(H2,14,20)(H,18,19)(H,15,17,21). The van der Waals surface area contributed by atoms with E-state index in [1.165, 1.54) is 4.90 Å². The summed E-state index contributed by atoms with van der Waals surface area (Å²) in [5.41, 5.74) is 5.20. The summed E-state index contributed by atoms with van der Waals surface area (Å²) in [7, 11) is 0. The first kappa shape index (κ1) is 16.9. The third kappa shape index (κ3) is 6.24. The minimum absolute atomic E-state index is 0.0157. The topological polar surface area (TPSA) is 130 Å². The fourth-order valence-electron chi connectivity index (χ4n) is 2.19. The summed E-state index contributed by atoms with van der Waals surface area (Å²) in [6.45, 7) is 0.789. The van der Waals surface area contributed by atoms with Gasteiger partial charge in [0.1, 0.15) is 0 Å². The Bertz CT molecular complexity index is 416. The normalized spacial score (nSPS) is 15.5. The molecule has 0 radical (unpaired) electrons. The van der Waals surface area contributed by atoms with Crippen LogP contribution in [0.3, 0.4) is 0 Å². The van der Waals surface area contributed by atoms with Gasteiger partial charge < -0.3 is 15.7 Å². The Morgan fingerprint density at radius 2 is 1.67 bits per heavy atom.